The fourth-order valence-corrected chi connectivity index (χ4v) is 2.40. The lowest BCUT2D eigenvalue weighted by Gasteiger charge is -2.13. The first-order valence-electron chi connectivity index (χ1n) is 7.03. The molecular weight excluding hydrogens is 317 g/mol. The normalized spacial score (nSPS) is 12.2. The van der Waals surface area contributed by atoms with Crippen molar-refractivity contribution >= 4 is 16.6 Å². The molecule has 0 aliphatic heterocycles. The molecule has 3 aromatic rings. The van der Waals surface area contributed by atoms with Gasteiger partial charge in [-0.1, -0.05) is 12.1 Å². The summed E-state index contributed by atoms with van der Waals surface area (Å²) in [4.78, 5) is 26.8. The topological polar surface area (TPSA) is 98.3 Å². The fourth-order valence-electron chi connectivity index (χ4n) is 2.40. The molecule has 1 atom stereocenters. The van der Waals surface area contributed by atoms with Gasteiger partial charge in [0.2, 0.25) is 0 Å². The third-order valence-electron chi connectivity index (χ3n) is 3.62. The number of hydrogen-bond donors (Lipinski definition) is 1. The Balaban J connectivity index is 1.99. The number of nitrogens with zero attached hydrogens (tertiary/aromatic N) is 3. The van der Waals surface area contributed by atoms with Gasteiger partial charge >= 0.3 is 0 Å². The lowest BCUT2D eigenvalue weighted by Crippen LogP contribution is -2.23. The Morgan fingerprint density at radius 3 is 2.79 bits per heavy atom. The maximum atomic E-state index is 13.2. The Hall–Kier alpha value is -3.13. The van der Waals surface area contributed by atoms with Crippen molar-refractivity contribution in [3.8, 4) is 0 Å². The van der Waals surface area contributed by atoms with E-state index in [1.54, 1.807) is 0 Å². The molecule has 0 saturated carbocycles. The van der Waals surface area contributed by atoms with E-state index in [0.29, 0.717) is 11.1 Å². The molecule has 1 heterocycles. The lowest BCUT2D eigenvalue weighted by molar-refractivity contribution is -0.384. The molecule has 0 radical (unpaired) electrons. The number of benzene rings is 2. The van der Waals surface area contributed by atoms with Crippen LogP contribution in [-0.2, 0) is 6.54 Å². The van der Waals surface area contributed by atoms with Crippen LogP contribution in [0.3, 0.4) is 0 Å². The summed E-state index contributed by atoms with van der Waals surface area (Å²) in [6.07, 6.45) is 0.135. The molecule has 0 aliphatic rings. The average molecular weight is 329 g/mol. The second-order valence-corrected chi connectivity index (χ2v) is 5.23. The summed E-state index contributed by atoms with van der Waals surface area (Å²) in [5, 5.41) is 21.1. The number of halogens is 1. The predicted octanol–water partition coefficient (Wildman–Crippen LogP) is 2.18. The highest BCUT2D eigenvalue weighted by molar-refractivity contribution is 5.79. The number of hydrogen-bond acceptors (Lipinski definition) is 5. The molecule has 2 aromatic carbocycles. The molecule has 0 fully saturated rings. The van der Waals surface area contributed by atoms with E-state index in [1.807, 2.05) is 0 Å². The van der Waals surface area contributed by atoms with Gasteiger partial charge in [-0.25, -0.2) is 9.37 Å². The molecule has 0 amide bonds. The minimum absolute atomic E-state index is 0.0816. The van der Waals surface area contributed by atoms with Crippen LogP contribution >= 0.6 is 0 Å². The summed E-state index contributed by atoms with van der Waals surface area (Å²) in [7, 11) is 0. The van der Waals surface area contributed by atoms with Crippen LogP contribution < -0.4 is 5.56 Å². The molecule has 1 N–H and O–H groups in total. The number of fused-ring (bicyclic) bond motifs is 1. The monoisotopic (exact) mass is 329 g/mol. The smallest absolute Gasteiger partial charge is 0.270 e. The van der Waals surface area contributed by atoms with E-state index >= 15 is 0 Å². The number of aromatic nitrogens is 2. The second kappa shape index (κ2) is 6.17. The molecule has 0 unspecified atom stereocenters. The Morgan fingerprint density at radius 1 is 1.29 bits per heavy atom. The largest absolute Gasteiger partial charge is 0.387 e. The van der Waals surface area contributed by atoms with Gasteiger partial charge < -0.3 is 5.11 Å². The van der Waals surface area contributed by atoms with Gasteiger partial charge in [0, 0.05) is 12.1 Å². The molecule has 0 saturated heterocycles. The van der Waals surface area contributed by atoms with Gasteiger partial charge in [0.15, 0.2) is 0 Å². The lowest BCUT2D eigenvalue weighted by atomic mass is 10.1. The van der Waals surface area contributed by atoms with Crippen molar-refractivity contribution in [2.24, 2.45) is 0 Å². The number of nitro benzene ring substituents is 1. The van der Waals surface area contributed by atoms with Gasteiger partial charge in [-0.05, 0) is 23.8 Å². The van der Waals surface area contributed by atoms with Crippen LogP contribution in [-0.4, -0.2) is 19.6 Å². The van der Waals surface area contributed by atoms with E-state index < -0.39 is 22.4 Å². The van der Waals surface area contributed by atoms with Gasteiger partial charge in [0.1, 0.15) is 5.82 Å². The predicted molar refractivity (Wildman–Crippen MR) is 84.0 cm³/mol. The number of non-ortho nitro benzene ring substituents is 1. The van der Waals surface area contributed by atoms with Crippen LogP contribution in [0.25, 0.3) is 10.9 Å². The van der Waals surface area contributed by atoms with Crippen molar-refractivity contribution in [2.75, 3.05) is 0 Å². The van der Waals surface area contributed by atoms with Gasteiger partial charge in [0.05, 0.1) is 34.8 Å². The number of aliphatic hydroxyl groups is 1. The van der Waals surface area contributed by atoms with Crippen molar-refractivity contribution in [2.45, 2.75) is 12.6 Å². The van der Waals surface area contributed by atoms with Crippen LogP contribution in [0.4, 0.5) is 10.1 Å². The molecule has 24 heavy (non-hydrogen) atoms. The first-order valence-corrected chi connectivity index (χ1v) is 7.03. The highest BCUT2D eigenvalue weighted by Crippen LogP contribution is 2.18. The maximum Gasteiger partial charge on any atom is 0.270 e. The van der Waals surface area contributed by atoms with Gasteiger partial charge in [-0.15, -0.1) is 0 Å². The first kappa shape index (κ1) is 15.8. The summed E-state index contributed by atoms with van der Waals surface area (Å²) < 4.78 is 14.4. The second-order valence-electron chi connectivity index (χ2n) is 5.23. The van der Waals surface area contributed by atoms with E-state index in [-0.39, 0.29) is 17.6 Å². The van der Waals surface area contributed by atoms with Crippen molar-refractivity contribution in [1.29, 1.82) is 0 Å². The van der Waals surface area contributed by atoms with Crippen molar-refractivity contribution in [3.05, 3.63) is 80.6 Å². The summed E-state index contributed by atoms with van der Waals surface area (Å²) in [6, 6.07) is 9.23. The Bertz CT molecular complexity index is 986. The third kappa shape index (κ3) is 2.99. The molecule has 7 nitrogen and oxygen atoms in total. The summed E-state index contributed by atoms with van der Waals surface area (Å²) in [6.45, 7) is -0.145. The molecular formula is C16H12FN3O4. The third-order valence-corrected chi connectivity index (χ3v) is 3.62. The molecule has 8 heteroatoms. The highest BCUT2D eigenvalue weighted by Gasteiger charge is 2.14. The Labute approximate surface area is 134 Å². The van der Waals surface area contributed by atoms with E-state index in [9.17, 15) is 24.4 Å². The zero-order valence-electron chi connectivity index (χ0n) is 12.3. The van der Waals surface area contributed by atoms with E-state index in [0.717, 1.165) is 10.6 Å². The molecule has 0 bridgehead atoms. The SMILES string of the molecule is O=c1c2cc([N+](=O)[O-])ccc2ncn1C[C@@H](O)c1cccc(F)c1. The number of rotatable bonds is 4. The average Bonchev–Trinajstić information content (AvgIpc) is 2.57. The Morgan fingerprint density at radius 2 is 2.08 bits per heavy atom. The minimum Gasteiger partial charge on any atom is -0.387 e. The molecule has 3 rings (SSSR count). The van der Waals surface area contributed by atoms with E-state index in [4.69, 9.17) is 0 Å². The maximum absolute atomic E-state index is 13.2. The van der Waals surface area contributed by atoms with Crippen molar-refractivity contribution in [3.63, 3.8) is 0 Å². The van der Waals surface area contributed by atoms with Crippen LogP contribution in [0.5, 0.6) is 0 Å². The quantitative estimate of drug-likeness (QED) is 0.584. The fraction of sp³-hybridized carbons (Fsp3) is 0.125. The van der Waals surface area contributed by atoms with Crippen LogP contribution in [0.2, 0.25) is 0 Å². The van der Waals surface area contributed by atoms with Gasteiger partial charge in [-0.3, -0.25) is 19.5 Å². The highest BCUT2D eigenvalue weighted by atomic mass is 19.1. The standard InChI is InChI=1S/C16H12FN3O4/c17-11-3-1-2-10(6-11)15(21)8-19-9-18-14-5-4-12(20(23)24)7-13(14)16(19)22/h1-7,9,15,21H,8H2/t15-/m1/s1. The van der Waals surface area contributed by atoms with Gasteiger partial charge in [-0.2, -0.15) is 0 Å². The molecule has 0 aliphatic carbocycles. The zero-order valence-corrected chi connectivity index (χ0v) is 12.3. The molecule has 0 spiro atoms. The van der Waals surface area contributed by atoms with Crippen LogP contribution in [0.15, 0.2) is 53.6 Å². The summed E-state index contributed by atoms with van der Waals surface area (Å²) in [5.74, 6) is -0.494. The minimum atomic E-state index is -1.11. The number of aliphatic hydroxyl groups excluding tert-OH is 1. The summed E-state index contributed by atoms with van der Waals surface area (Å²) >= 11 is 0. The van der Waals surface area contributed by atoms with Crippen LogP contribution in [0.1, 0.15) is 11.7 Å². The molecule has 122 valence electrons. The summed E-state index contributed by atoms with van der Waals surface area (Å²) in [5.41, 5.74) is -0.0906. The van der Waals surface area contributed by atoms with Crippen molar-refractivity contribution in [1.82, 2.24) is 9.55 Å². The van der Waals surface area contributed by atoms with Crippen LogP contribution in [0, 0.1) is 15.9 Å². The Kier molecular flexibility index (Phi) is 4.05. The van der Waals surface area contributed by atoms with Gasteiger partial charge in [0.25, 0.3) is 11.2 Å². The molecule has 1 aromatic heterocycles. The number of nitro groups is 1. The van der Waals surface area contributed by atoms with Crippen molar-refractivity contribution < 1.29 is 14.4 Å². The van der Waals surface area contributed by atoms with E-state index in [2.05, 4.69) is 4.98 Å². The van der Waals surface area contributed by atoms with E-state index in [1.165, 1.54) is 42.7 Å². The zero-order chi connectivity index (χ0) is 17.3. The first-order chi connectivity index (χ1) is 11.5.